The van der Waals surface area contributed by atoms with Crippen molar-refractivity contribution in [3.8, 4) is 5.75 Å². The second-order valence-electron chi connectivity index (χ2n) is 4.07. The third-order valence-corrected chi connectivity index (χ3v) is 2.65. The van der Waals surface area contributed by atoms with Crippen LogP contribution in [-0.4, -0.2) is 19.7 Å². The first-order valence-electron chi connectivity index (χ1n) is 5.69. The Bertz CT molecular complexity index is 390. The van der Waals surface area contributed by atoms with E-state index in [1.165, 1.54) is 7.11 Å². The lowest BCUT2D eigenvalue weighted by molar-refractivity contribution is 0.0600. The highest BCUT2D eigenvalue weighted by Crippen LogP contribution is 2.24. The average Bonchev–Trinajstić information content (AvgIpc) is 2.36. The second-order valence-corrected chi connectivity index (χ2v) is 4.07. The first-order valence-corrected chi connectivity index (χ1v) is 5.69. The van der Waals surface area contributed by atoms with Crippen LogP contribution in [0.3, 0.4) is 0 Å². The van der Waals surface area contributed by atoms with E-state index >= 15 is 0 Å². The van der Waals surface area contributed by atoms with E-state index in [9.17, 15) is 4.79 Å². The van der Waals surface area contributed by atoms with Crippen LogP contribution in [0.1, 0.15) is 30.6 Å². The highest BCUT2D eigenvalue weighted by molar-refractivity contribution is 5.90. The molecule has 0 aliphatic rings. The molecule has 2 N–H and O–H groups in total. The number of hydrogen-bond donors (Lipinski definition) is 1. The Labute approximate surface area is 102 Å². The van der Waals surface area contributed by atoms with Crippen LogP contribution in [0.4, 0.5) is 5.69 Å². The highest BCUT2D eigenvalue weighted by Gasteiger charge is 2.10. The van der Waals surface area contributed by atoms with Gasteiger partial charge in [0.15, 0.2) is 0 Å². The number of rotatable bonds is 5. The number of carbonyl (C=O) groups is 1. The first-order chi connectivity index (χ1) is 8.08. The predicted molar refractivity (Wildman–Crippen MR) is 67.1 cm³/mol. The fraction of sp³-hybridized carbons (Fsp3) is 0.462. The van der Waals surface area contributed by atoms with Crippen molar-refractivity contribution < 1.29 is 14.3 Å². The number of benzene rings is 1. The van der Waals surface area contributed by atoms with Crippen molar-refractivity contribution in [3.05, 3.63) is 23.8 Å². The third-order valence-electron chi connectivity index (χ3n) is 2.65. The Kier molecular flexibility index (Phi) is 4.82. The maximum Gasteiger partial charge on any atom is 0.337 e. The summed E-state index contributed by atoms with van der Waals surface area (Å²) in [6.07, 6.45) is 1.04. The maximum absolute atomic E-state index is 11.4. The van der Waals surface area contributed by atoms with Crippen LogP contribution in [0, 0.1) is 5.92 Å². The van der Waals surface area contributed by atoms with Gasteiger partial charge in [0.05, 0.1) is 25.0 Å². The molecule has 94 valence electrons. The van der Waals surface area contributed by atoms with Gasteiger partial charge in [0, 0.05) is 0 Å². The monoisotopic (exact) mass is 237 g/mol. The van der Waals surface area contributed by atoms with Crippen molar-refractivity contribution in [2.45, 2.75) is 20.3 Å². The number of nitrogen functional groups attached to an aromatic ring is 1. The van der Waals surface area contributed by atoms with Gasteiger partial charge in [0.1, 0.15) is 5.75 Å². The quantitative estimate of drug-likeness (QED) is 0.631. The Morgan fingerprint density at radius 1 is 1.47 bits per heavy atom. The maximum atomic E-state index is 11.4. The van der Waals surface area contributed by atoms with Crippen LogP contribution >= 0.6 is 0 Å². The molecular formula is C13H19NO3. The summed E-state index contributed by atoms with van der Waals surface area (Å²) < 4.78 is 10.2. The van der Waals surface area contributed by atoms with Crippen molar-refractivity contribution in [3.63, 3.8) is 0 Å². The van der Waals surface area contributed by atoms with Gasteiger partial charge in [-0.3, -0.25) is 0 Å². The summed E-state index contributed by atoms with van der Waals surface area (Å²) in [6, 6.07) is 4.89. The number of hydrogen-bond acceptors (Lipinski definition) is 4. The molecule has 0 aromatic heterocycles. The van der Waals surface area contributed by atoms with Crippen LogP contribution in [0.2, 0.25) is 0 Å². The van der Waals surface area contributed by atoms with Crippen LogP contribution in [0.5, 0.6) is 5.75 Å². The summed E-state index contributed by atoms with van der Waals surface area (Å²) in [7, 11) is 1.35. The molecule has 0 aliphatic heterocycles. The summed E-state index contributed by atoms with van der Waals surface area (Å²) >= 11 is 0. The topological polar surface area (TPSA) is 61.5 Å². The van der Waals surface area contributed by atoms with Crippen LogP contribution in [0.15, 0.2) is 18.2 Å². The molecule has 1 aromatic carbocycles. The zero-order valence-corrected chi connectivity index (χ0v) is 10.5. The third kappa shape index (κ3) is 3.66. The van der Waals surface area contributed by atoms with E-state index in [2.05, 4.69) is 18.6 Å². The fourth-order valence-electron chi connectivity index (χ4n) is 1.25. The zero-order chi connectivity index (χ0) is 12.8. The smallest absolute Gasteiger partial charge is 0.337 e. The lowest BCUT2D eigenvalue weighted by atomic mass is 10.1. The molecular weight excluding hydrogens is 218 g/mol. The molecule has 0 bridgehead atoms. The predicted octanol–water partition coefficient (Wildman–Crippen LogP) is 2.48. The van der Waals surface area contributed by atoms with Gasteiger partial charge in [-0.15, -0.1) is 0 Å². The molecule has 0 saturated carbocycles. The zero-order valence-electron chi connectivity index (χ0n) is 10.5. The van der Waals surface area contributed by atoms with E-state index in [1.54, 1.807) is 18.2 Å². The van der Waals surface area contributed by atoms with E-state index in [0.717, 1.165) is 6.42 Å². The molecule has 0 aliphatic carbocycles. The van der Waals surface area contributed by atoms with Gasteiger partial charge in [-0.25, -0.2) is 4.79 Å². The van der Waals surface area contributed by atoms with Gasteiger partial charge in [0.2, 0.25) is 0 Å². The van der Waals surface area contributed by atoms with E-state index in [-0.39, 0.29) is 0 Å². The molecule has 0 spiro atoms. The SMILES string of the molecule is CCC(C)COc1cc(C(=O)OC)ccc1N. The highest BCUT2D eigenvalue weighted by atomic mass is 16.5. The molecule has 0 heterocycles. The molecule has 0 amide bonds. The van der Waals surface area contributed by atoms with Crippen LogP contribution in [0.25, 0.3) is 0 Å². The molecule has 0 fully saturated rings. The van der Waals surface area contributed by atoms with Crippen molar-refractivity contribution in [1.82, 2.24) is 0 Å². The van der Waals surface area contributed by atoms with Crippen molar-refractivity contribution in [2.75, 3.05) is 19.5 Å². The van der Waals surface area contributed by atoms with Gasteiger partial charge in [-0.05, 0) is 24.1 Å². The summed E-state index contributed by atoms with van der Waals surface area (Å²) in [5, 5.41) is 0. The summed E-state index contributed by atoms with van der Waals surface area (Å²) in [4.78, 5) is 11.4. The van der Waals surface area contributed by atoms with Crippen molar-refractivity contribution >= 4 is 11.7 Å². The number of methoxy groups -OCH3 is 1. The number of esters is 1. The molecule has 0 radical (unpaired) electrons. The van der Waals surface area contributed by atoms with E-state index in [4.69, 9.17) is 10.5 Å². The van der Waals surface area contributed by atoms with Crippen LogP contribution in [-0.2, 0) is 4.74 Å². The normalized spacial score (nSPS) is 11.9. The van der Waals surface area contributed by atoms with Gasteiger partial charge < -0.3 is 15.2 Å². The van der Waals surface area contributed by atoms with Crippen molar-refractivity contribution in [2.24, 2.45) is 5.92 Å². The Morgan fingerprint density at radius 2 is 2.18 bits per heavy atom. The summed E-state index contributed by atoms with van der Waals surface area (Å²) in [5.41, 5.74) is 6.76. The number of carbonyl (C=O) groups excluding carboxylic acids is 1. The molecule has 1 rings (SSSR count). The summed E-state index contributed by atoms with van der Waals surface area (Å²) in [6.45, 7) is 4.79. The standard InChI is InChI=1S/C13H19NO3/c1-4-9(2)8-17-12-7-10(13(15)16-3)5-6-11(12)14/h5-7,9H,4,8,14H2,1-3H3. The number of anilines is 1. The van der Waals surface area contributed by atoms with Gasteiger partial charge in [-0.2, -0.15) is 0 Å². The van der Waals surface area contributed by atoms with Gasteiger partial charge >= 0.3 is 5.97 Å². The minimum atomic E-state index is -0.390. The average molecular weight is 237 g/mol. The molecule has 1 atom stereocenters. The molecule has 17 heavy (non-hydrogen) atoms. The van der Waals surface area contributed by atoms with Gasteiger partial charge in [-0.1, -0.05) is 20.3 Å². The summed E-state index contributed by atoms with van der Waals surface area (Å²) in [5.74, 6) is 0.600. The van der Waals surface area contributed by atoms with E-state index in [1.807, 2.05) is 0 Å². The minimum absolute atomic E-state index is 0.390. The molecule has 0 saturated heterocycles. The Hall–Kier alpha value is -1.71. The van der Waals surface area contributed by atoms with E-state index < -0.39 is 5.97 Å². The first kappa shape index (κ1) is 13.4. The number of ether oxygens (including phenoxy) is 2. The lowest BCUT2D eigenvalue weighted by Gasteiger charge is -2.13. The van der Waals surface area contributed by atoms with Gasteiger partial charge in [0.25, 0.3) is 0 Å². The van der Waals surface area contributed by atoms with Crippen LogP contribution < -0.4 is 10.5 Å². The number of nitrogens with two attached hydrogens (primary N) is 1. The second kappa shape index (κ2) is 6.13. The molecule has 4 nitrogen and oxygen atoms in total. The Balaban J connectivity index is 2.80. The van der Waals surface area contributed by atoms with Crippen molar-refractivity contribution in [1.29, 1.82) is 0 Å². The molecule has 4 heteroatoms. The Morgan fingerprint density at radius 3 is 2.76 bits per heavy atom. The molecule has 1 aromatic rings. The fourth-order valence-corrected chi connectivity index (χ4v) is 1.25. The van der Waals surface area contributed by atoms with E-state index in [0.29, 0.717) is 29.5 Å². The minimum Gasteiger partial charge on any atom is -0.491 e. The largest absolute Gasteiger partial charge is 0.491 e. The molecule has 1 unspecified atom stereocenters. The lowest BCUT2D eigenvalue weighted by Crippen LogP contribution is -2.09.